The fourth-order valence-electron chi connectivity index (χ4n) is 4.78. The summed E-state index contributed by atoms with van der Waals surface area (Å²) < 4.78 is 27.3. The van der Waals surface area contributed by atoms with Gasteiger partial charge in [-0.1, -0.05) is 12.1 Å². The van der Waals surface area contributed by atoms with Crippen molar-refractivity contribution in [3.63, 3.8) is 0 Å². The van der Waals surface area contributed by atoms with Gasteiger partial charge in [0, 0.05) is 48.2 Å². The van der Waals surface area contributed by atoms with Crippen LogP contribution in [0.4, 0.5) is 8.78 Å². The highest BCUT2D eigenvalue weighted by Gasteiger charge is 2.40. The van der Waals surface area contributed by atoms with E-state index in [0.717, 1.165) is 53.8 Å². The van der Waals surface area contributed by atoms with Crippen molar-refractivity contribution in [3.8, 4) is 0 Å². The zero-order valence-corrected chi connectivity index (χ0v) is 15.8. The Morgan fingerprint density at radius 1 is 1.07 bits per heavy atom. The lowest BCUT2D eigenvalue weighted by Crippen LogP contribution is -2.45. The number of halogens is 2. The summed E-state index contributed by atoms with van der Waals surface area (Å²) in [7, 11) is 0. The highest BCUT2D eigenvalue weighted by atomic mass is 19.1. The number of piperidine rings is 1. The highest BCUT2D eigenvalue weighted by Crippen LogP contribution is 2.34. The summed E-state index contributed by atoms with van der Waals surface area (Å²) >= 11 is 0. The molecule has 6 heteroatoms. The van der Waals surface area contributed by atoms with Gasteiger partial charge in [0.15, 0.2) is 0 Å². The maximum atomic E-state index is 13.7. The van der Waals surface area contributed by atoms with Gasteiger partial charge in [-0.3, -0.25) is 10.3 Å². The van der Waals surface area contributed by atoms with E-state index in [-0.39, 0.29) is 17.7 Å². The lowest BCUT2D eigenvalue weighted by molar-refractivity contribution is 0.147. The number of hydrazine groups is 1. The van der Waals surface area contributed by atoms with E-state index in [1.54, 1.807) is 24.3 Å². The molecule has 3 N–H and O–H groups in total. The number of fused-ring (bicyclic) bond motifs is 2. The topological polar surface area (TPSA) is 43.1 Å². The first-order chi connectivity index (χ1) is 13.6. The quantitative estimate of drug-likeness (QED) is 0.646. The normalized spacial score (nSPS) is 25.3. The van der Waals surface area contributed by atoms with Gasteiger partial charge in [-0.25, -0.2) is 14.2 Å². The van der Waals surface area contributed by atoms with E-state index in [1.165, 1.54) is 12.1 Å². The van der Waals surface area contributed by atoms with Gasteiger partial charge in [-0.05, 0) is 54.8 Å². The van der Waals surface area contributed by atoms with E-state index >= 15 is 0 Å². The maximum Gasteiger partial charge on any atom is 0.123 e. The summed E-state index contributed by atoms with van der Waals surface area (Å²) in [6, 6.07) is 12.2. The van der Waals surface area contributed by atoms with Gasteiger partial charge in [0.25, 0.3) is 0 Å². The molecule has 2 aliphatic rings. The largest absolute Gasteiger partial charge is 0.357 e. The molecule has 3 aromatic rings. The Bertz CT molecular complexity index is 1010. The van der Waals surface area contributed by atoms with Gasteiger partial charge < -0.3 is 4.98 Å². The van der Waals surface area contributed by atoms with Crippen LogP contribution in [0.2, 0.25) is 0 Å². The van der Waals surface area contributed by atoms with Gasteiger partial charge >= 0.3 is 0 Å². The number of benzene rings is 2. The van der Waals surface area contributed by atoms with Crippen molar-refractivity contribution < 1.29 is 8.78 Å². The Hall–Kier alpha value is -2.28. The lowest BCUT2D eigenvalue weighted by atomic mass is 9.85. The molecule has 3 unspecified atom stereocenters. The number of aromatic nitrogens is 1. The Labute approximate surface area is 162 Å². The number of nitrogens with zero attached hydrogens (tertiary/aromatic N) is 1. The average molecular weight is 382 g/mol. The van der Waals surface area contributed by atoms with E-state index in [1.807, 2.05) is 6.07 Å². The van der Waals surface area contributed by atoms with Crippen LogP contribution in [0.15, 0.2) is 42.5 Å². The van der Waals surface area contributed by atoms with Crippen molar-refractivity contribution in [3.05, 3.63) is 70.9 Å². The van der Waals surface area contributed by atoms with E-state index in [0.29, 0.717) is 12.0 Å². The van der Waals surface area contributed by atoms with Crippen molar-refractivity contribution in [2.45, 2.75) is 32.0 Å². The van der Waals surface area contributed by atoms with Gasteiger partial charge in [0.2, 0.25) is 0 Å². The van der Waals surface area contributed by atoms with Gasteiger partial charge in [-0.2, -0.15) is 0 Å². The number of H-pyrrole nitrogens is 1. The SMILES string of the molecule is Cc1c(CN2CCC3NNC(c4cccc(F)c4)C3C2)[nH]c2ccc(F)cc12. The fraction of sp³-hybridized carbons (Fsp3) is 0.364. The molecule has 5 rings (SSSR count). The van der Waals surface area contributed by atoms with Crippen LogP contribution in [0.1, 0.15) is 29.3 Å². The molecule has 0 bridgehead atoms. The predicted molar refractivity (Wildman–Crippen MR) is 106 cm³/mol. The molecule has 4 nitrogen and oxygen atoms in total. The molecule has 2 aliphatic heterocycles. The standard InChI is InChI=1S/C22H24F2N4/c1-13-17-10-16(24)5-6-19(17)25-21(13)12-28-8-7-20-18(11-28)22(27-26-20)14-3-2-4-15(23)9-14/h2-6,9-10,18,20,22,25-27H,7-8,11-12H2,1H3. The first kappa shape index (κ1) is 17.8. The number of hydrogen-bond acceptors (Lipinski definition) is 3. The molecule has 0 saturated carbocycles. The lowest BCUT2D eigenvalue weighted by Gasteiger charge is -2.36. The highest BCUT2D eigenvalue weighted by molar-refractivity contribution is 5.84. The second-order valence-electron chi connectivity index (χ2n) is 8.03. The molecule has 0 spiro atoms. The van der Waals surface area contributed by atoms with E-state index in [9.17, 15) is 8.78 Å². The van der Waals surface area contributed by atoms with Gasteiger partial charge in [-0.15, -0.1) is 0 Å². The Morgan fingerprint density at radius 3 is 2.79 bits per heavy atom. The molecule has 28 heavy (non-hydrogen) atoms. The molecule has 3 heterocycles. The molecule has 2 aromatic carbocycles. The van der Waals surface area contributed by atoms with Crippen LogP contribution in [0.5, 0.6) is 0 Å². The van der Waals surface area contributed by atoms with Gasteiger partial charge in [0.1, 0.15) is 11.6 Å². The third-order valence-electron chi connectivity index (χ3n) is 6.31. The minimum Gasteiger partial charge on any atom is -0.357 e. The number of aromatic amines is 1. The van der Waals surface area contributed by atoms with Crippen LogP contribution in [-0.4, -0.2) is 29.0 Å². The van der Waals surface area contributed by atoms with Crippen LogP contribution in [0.25, 0.3) is 10.9 Å². The molecular weight excluding hydrogens is 358 g/mol. The van der Waals surface area contributed by atoms with E-state index < -0.39 is 0 Å². The molecule has 0 aliphatic carbocycles. The van der Waals surface area contributed by atoms with E-state index in [2.05, 4.69) is 27.7 Å². The van der Waals surface area contributed by atoms with E-state index in [4.69, 9.17) is 0 Å². The van der Waals surface area contributed by atoms with Crippen LogP contribution < -0.4 is 10.9 Å². The summed E-state index contributed by atoms with van der Waals surface area (Å²) in [5, 5.41) is 0.951. The van der Waals surface area contributed by atoms with Crippen LogP contribution in [-0.2, 0) is 6.54 Å². The Balaban J connectivity index is 1.36. The van der Waals surface area contributed by atoms with Crippen molar-refractivity contribution in [2.24, 2.45) is 5.92 Å². The molecular formula is C22H24F2N4. The number of hydrogen-bond donors (Lipinski definition) is 3. The van der Waals surface area contributed by atoms with Crippen LogP contribution in [0, 0.1) is 24.5 Å². The Morgan fingerprint density at radius 2 is 1.93 bits per heavy atom. The maximum absolute atomic E-state index is 13.7. The summed E-state index contributed by atoms with van der Waals surface area (Å²) in [5.41, 5.74) is 11.0. The molecule has 0 radical (unpaired) electrons. The second kappa shape index (κ2) is 6.95. The predicted octanol–water partition coefficient (Wildman–Crippen LogP) is 3.79. The number of nitrogens with one attached hydrogen (secondary N) is 3. The Kier molecular flexibility index (Phi) is 4.42. The summed E-state index contributed by atoms with van der Waals surface area (Å²) in [6.45, 7) is 4.78. The van der Waals surface area contributed by atoms with Gasteiger partial charge in [0.05, 0.1) is 6.04 Å². The number of aryl methyl sites for hydroxylation is 1. The molecule has 3 atom stereocenters. The van der Waals surface area contributed by atoms with Crippen LogP contribution in [0.3, 0.4) is 0 Å². The van der Waals surface area contributed by atoms with Crippen molar-refractivity contribution in [1.29, 1.82) is 0 Å². The minimum absolute atomic E-state index is 0.0985. The molecule has 1 aromatic heterocycles. The third kappa shape index (κ3) is 3.11. The number of likely N-dealkylation sites (tertiary alicyclic amines) is 1. The zero-order valence-electron chi connectivity index (χ0n) is 15.8. The third-order valence-corrected chi connectivity index (χ3v) is 6.31. The summed E-state index contributed by atoms with van der Waals surface area (Å²) in [4.78, 5) is 5.90. The molecule has 2 fully saturated rings. The molecule has 0 amide bonds. The first-order valence-electron chi connectivity index (χ1n) is 9.84. The van der Waals surface area contributed by atoms with Crippen LogP contribution >= 0.6 is 0 Å². The molecule has 146 valence electrons. The van der Waals surface area contributed by atoms with Crippen molar-refractivity contribution in [2.75, 3.05) is 13.1 Å². The smallest absolute Gasteiger partial charge is 0.123 e. The van der Waals surface area contributed by atoms with Crippen molar-refractivity contribution >= 4 is 10.9 Å². The first-order valence-corrected chi connectivity index (χ1v) is 9.84. The zero-order chi connectivity index (χ0) is 19.3. The fourth-order valence-corrected chi connectivity index (χ4v) is 4.78. The monoisotopic (exact) mass is 382 g/mol. The average Bonchev–Trinajstić information content (AvgIpc) is 3.23. The van der Waals surface area contributed by atoms with Crippen molar-refractivity contribution in [1.82, 2.24) is 20.7 Å². The molecule has 2 saturated heterocycles. The minimum atomic E-state index is -0.206. The number of rotatable bonds is 3. The summed E-state index contributed by atoms with van der Waals surface area (Å²) in [5.74, 6) is -0.0305. The second-order valence-corrected chi connectivity index (χ2v) is 8.03. The summed E-state index contributed by atoms with van der Waals surface area (Å²) in [6.07, 6.45) is 1.04.